The highest BCUT2D eigenvalue weighted by atomic mass is 19.4. The third-order valence-electron chi connectivity index (χ3n) is 5.15. The number of hydrogen-bond acceptors (Lipinski definition) is 4. The molecule has 0 spiro atoms. The number of carbonyl (C=O) groups is 1. The first-order chi connectivity index (χ1) is 14.3. The Morgan fingerprint density at radius 1 is 1.00 bits per heavy atom. The van der Waals surface area contributed by atoms with Crippen LogP contribution >= 0.6 is 0 Å². The Balaban J connectivity index is 1.39. The van der Waals surface area contributed by atoms with E-state index in [-0.39, 0.29) is 23.6 Å². The number of carbonyl (C=O) groups excluding carboxylic acids is 1. The number of amides is 1. The van der Waals surface area contributed by atoms with Gasteiger partial charge in [0.05, 0.1) is 0 Å². The fraction of sp³-hybridized carbons (Fsp3) is 0.350. The van der Waals surface area contributed by atoms with Crippen molar-refractivity contribution in [3.8, 4) is 0 Å². The van der Waals surface area contributed by atoms with E-state index in [1.807, 2.05) is 4.90 Å². The molecule has 0 radical (unpaired) electrons. The molecule has 158 valence electrons. The van der Waals surface area contributed by atoms with Crippen LogP contribution in [-0.4, -0.2) is 63.0 Å². The van der Waals surface area contributed by atoms with Crippen molar-refractivity contribution in [3.63, 3.8) is 0 Å². The first-order valence-electron chi connectivity index (χ1n) is 9.48. The van der Waals surface area contributed by atoms with E-state index >= 15 is 0 Å². The number of alkyl halides is 3. The summed E-state index contributed by atoms with van der Waals surface area (Å²) in [4.78, 5) is 23.9. The highest BCUT2D eigenvalue weighted by Crippen LogP contribution is 2.30. The van der Waals surface area contributed by atoms with Crippen molar-refractivity contribution in [3.05, 3.63) is 59.8 Å². The van der Waals surface area contributed by atoms with Crippen molar-refractivity contribution in [2.24, 2.45) is 0 Å². The normalized spacial score (nSPS) is 15.7. The van der Waals surface area contributed by atoms with Gasteiger partial charge in [-0.25, -0.2) is 14.4 Å². The van der Waals surface area contributed by atoms with Crippen LogP contribution in [-0.2, 0) is 12.7 Å². The molecule has 30 heavy (non-hydrogen) atoms. The van der Waals surface area contributed by atoms with Crippen LogP contribution in [0.2, 0.25) is 0 Å². The highest BCUT2D eigenvalue weighted by molar-refractivity contribution is 5.94. The van der Waals surface area contributed by atoms with Crippen LogP contribution in [0.4, 0.5) is 17.6 Å². The third kappa shape index (κ3) is 4.13. The van der Waals surface area contributed by atoms with E-state index in [1.54, 1.807) is 11.0 Å². The Kier molecular flexibility index (Phi) is 5.42. The molecule has 0 N–H and O–H groups in total. The van der Waals surface area contributed by atoms with Gasteiger partial charge in [-0.1, -0.05) is 0 Å². The summed E-state index contributed by atoms with van der Waals surface area (Å²) in [5.41, 5.74) is 0.824. The lowest BCUT2D eigenvalue weighted by Crippen LogP contribution is -2.49. The Labute approximate surface area is 169 Å². The average molecular weight is 421 g/mol. The van der Waals surface area contributed by atoms with Gasteiger partial charge in [0.1, 0.15) is 11.3 Å². The summed E-state index contributed by atoms with van der Waals surface area (Å²) in [5.74, 6) is -1.55. The lowest BCUT2D eigenvalue weighted by Gasteiger charge is -2.35. The number of benzene rings is 1. The van der Waals surface area contributed by atoms with Gasteiger partial charge in [-0.05, 0) is 36.4 Å². The molecule has 1 amide bonds. The zero-order valence-corrected chi connectivity index (χ0v) is 15.9. The van der Waals surface area contributed by atoms with Gasteiger partial charge in [-0.15, -0.1) is 0 Å². The molecule has 4 rings (SSSR count). The van der Waals surface area contributed by atoms with Crippen LogP contribution in [0.1, 0.15) is 16.2 Å². The summed E-state index contributed by atoms with van der Waals surface area (Å²) >= 11 is 0. The summed E-state index contributed by atoms with van der Waals surface area (Å²) < 4.78 is 54.3. The van der Waals surface area contributed by atoms with Gasteiger partial charge in [0.25, 0.3) is 5.91 Å². The first-order valence-corrected chi connectivity index (χ1v) is 9.48. The minimum atomic E-state index is -4.57. The summed E-state index contributed by atoms with van der Waals surface area (Å²) in [7, 11) is 0. The number of fused-ring (bicyclic) bond motifs is 1. The Morgan fingerprint density at radius 2 is 1.70 bits per heavy atom. The minimum absolute atomic E-state index is 0.0915. The SMILES string of the molecule is O=C(c1ccc(F)cc1)N1CCN(CCn2c(C(F)(F)F)nc3cccnc32)CC1. The monoisotopic (exact) mass is 421 g/mol. The lowest BCUT2D eigenvalue weighted by atomic mass is 10.2. The minimum Gasteiger partial charge on any atom is -0.336 e. The van der Waals surface area contributed by atoms with E-state index in [4.69, 9.17) is 0 Å². The van der Waals surface area contributed by atoms with Crippen molar-refractivity contribution in [2.75, 3.05) is 32.7 Å². The number of hydrogen-bond donors (Lipinski definition) is 0. The van der Waals surface area contributed by atoms with Crippen molar-refractivity contribution in [1.29, 1.82) is 0 Å². The topological polar surface area (TPSA) is 54.3 Å². The van der Waals surface area contributed by atoms with E-state index in [0.717, 1.165) is 4.57 Å². The van der Waals surface area contributed by atoms with Crippen LogP contribution in [0.5, 0.6) is 0 Å². The molecule has 0 aliphatic carbocycles. The molecule has 1 fully saturated rings. The number of nitrogens with zero attached hydrogens (tertiary/aromatic N) is 5. The molecule has 6 nitrogen and oxygen atoms in total. The van der Waals surface area contributed by atoms with Crippen LogP contribution in [0.3, 0.4) is 0 Å². The molecule has 0 unspecified atom stereocenters. The molecule has 0 atom stereocenters. The van der Waals surface area contributed by atoms with E-state index in [2.05, 4.69) is 9.97 Å². The number of imidazole rings is 1. The molecular formula is C20H19F4N5O. The molecule has 1 aromatic carbocycles. The van der Waals surface area contributed by atoms with Crippen LogP contribution in [0.25, 0.3) is 11.2 Å². The highest BCUT2D eigenvalue weighted by Gasteiger charge is 2.38. The van der Waals surface area contributed by atoms with Gasteiger partial charge in [0, 0.05) is 51.0 Å². The van der Waals surface area contributed by atoms with Gasteiger partial charge in [0.2, 0.25) is 5.82 Å². The van der Waals surface area contributed by atoms with Crippen LogP contribution in [0, 0.1) is 5.82 Å². The second kappa shape index (κ2) is 8.02. The van der Waals surface area contributed by atoms with Crippen molar-refractivity contribution in [2.45, 2.75) is 12.7 Å². The second-order valence-corrected chi connectivity index (χ2v) is 7.07. The molecule has 10 heteroatoms. The fourth-order valence-electron chi connectivity index (χ4n) is 3.58. The van der Waals surface area contributed by atoms with Gasteiger partial charge in [-0.3, -0.25) is 9.69 Å². The van der Waals surface area contributed by atoms with E-state index < -0.39 is 17.8 Å². The van der Waals surface area contributed by atoms with Gasteiger partial charge in [0.15, 0.2) is 5.65 Å². The summed E-state index contributed by atoms with van der Waals surface area (Å²) in [6, 6.07) is 8.43. The molecule has 1 saturated heterocycles. The van der Waals surface area contributed by atoms with Crippen LogP contribution in [0.15, 0.2) is 42.6 Å². The second-order valence-electron chi connectivity index (χ2n) is 7.07. The summed E-state index contributed by atoms with van der Waals surface area (Å²) in [6.45, 7) is 2.44. The van der Waals surface area contributed by atoms with Crippen LogP contribution < -0.4 is 0 Å². The zero-order chi connectivity index (χ0) is 21.3. The molecule has 0 saturated carbocycles. The molecule has 1 aliphatic rings. The van der Waals surface area contributed by atoms with Crippen molar-refractivity contribution < 1.29 is 22.4 Å². The van der Waals surface area contributed by atoms with Crippen molar-refractivity contribution in [1.82, 2.24) is 24.3 Å². The smallest absolute Gasteiger partial charge is 0.336 e. The Bertz CT molecular complexity index is 1040. The molecule has 1 aliphatic heterocycles. The number of piperazine rings is 1. The molecule has 0 bridgehead atoms. The summed E-state index contributed by atoms with van der Waals surface area (Å²) in [5, 5.41) is 0. The number of rotatable bonds is 4. The van der Waals surface area contributed by atoms with Gasteiger partial charge in [-0.2, -0.15) is 13.2 Å². The maximum absolute atomic E-state index is 13.4. The third-order valence-corrected chi connectivity index (χ3v) is 5.15. The summed E-state index contributed by atoms with van der Waals surface area (Å²) in [6.07, 6.45) is -3.12. The first kappa shape index (κ1) is 20.3. The van der Waals surface area contributed by atoms with Gasteiger partial charge < -0.3 is 9.47 Å². The maximum atomic E-state index is 13.4. The molecular weight excluding hydrogens is 402 g/mol. The number of pyridine rings is 1. The van der Waals surface area contributed by atoms with E-state index in [1.165, 1.54) is 36.5 Å². The lowest BCUT2D eigenvalue weighted by molar-refractivity contribution is -0.147. The molecule has 3 aromatic rings. The average Bonchev–Trinajstić information content (AvgIpc) is 3.12. The molecule has 3 heterocycles. The number of halogens is 4. The zero-order valence-electron chi connectivity index (χ0n) is 15.9. The van der Waals surface area contributed by atoms with Crippen molar-refractivity contribution >= 4 is 17.1 Å². The molecule has 2 aromatic heterocycles. The standard InChI is InChI=1S/C20H19F4N5O/c21-15-5-3-14(4-6-15)18(30)28-11-8-27(9-12-28)10-13-29-17-16(2-1-7-25-17)26-19(29)20(22,23)24/h1-7H,8-13H2. The van der Waals surface area contributed by atoms with E-state index in [9.17, 15) is 22.4 Å². The quantitative estimate of drug-likeness (QED) is 0.608. The largest absolute Gasteiger partial charge is 0.449 e. The predicted octanol–water partition coefficient (Wildman–Crippen LogP) is 3.05. The maximum Gasteiger partial charge on any atom is 0.449 e. The number of aromatic nitrogens is 3. The van der Waals surface area contributed by atoms with E-state index in [0.29, 0.717) is 38.3 Å². The Hall–Kier alpha value is -3.01. The Morgan fingerprint density at radius 3 is 2.37 bits per heavy atom. The van der Waals surface area contributed by atoms with Gasteiger partial charge >= 0.3 is 6.18 Å². The predicted molar refractivity (Wildman–Crippen MR) is 101 cm³/mol. The fourth-order valence-corrected chi connectivity index (χ4v) is 3.58.